The molecule has 84 valence electrons. The van der Waals surface area contributed by atoms with Crippen molar-refractivity contribution in [3.8, 4) is 0 Å². The Kier molecular flexibility index (Phi) is 2.41. The summed E-state index contributed by atoms with van der Waals surface area (Å²) >= 11 is 0. The first-order valence-corrected chi connectivity index (χ1v) is 5.65. The summed E-state index contributed by atoms with van der Waals surface area (Å²) in [6, 6.07) is 0. The van der Waals surface area contributed by atoms with Crippen molar-refractivity contribution in [2.75, 3.05) is 13.1 Å². The molecule has 1 heterocycles. The highest BCUT2D eigenvalue weighted by atomic mass is 15.3. The molecule has 15 heavy (non-hydrogen) atoms. The quantitative estimate of drug-likeness (QED) is 0.673. The van der Waals surface area contributed by atoms with Crippen LogP contribution in [0.5, 0.6) is 0 Å². The minimum atomic E-state index is 0.610. The SMILES string of the molecule is C/C(N)=C/C=C(\N)N1CC2(CC(C)C2)C1. The second kappa shape index (κ2) is 3.47. The molecule has 0 atom stereocenters. The highest BCUT2D eigenvalue weighted by Gasteiger charge is 2.50. The van der Waals surface area contributed by atoms with E-state index >= 15 is 0 Å². The molecule has 1 aliphatic heterocycles. The lowest BCUT2D eigenvalue weighted by atomic mass is 9.58. The molecule has 3 heteroatoms. The maximum Gasteiger partial charge on any atom is 0.0987 e. The summed E-state index contributed by atoms with van der Waals surface area (Å²) in [5, 5.41) is 0. The summed E-state index contributed by atoms with van der Waals surface area (Å²) in [4.78, 5) is 2.24. The zero-order valence-corrected chi connectivity index (χ0v) is 9.66. The molecule has 4 N–H and O–H groups in total. The molecule has 1 saturated heterocycles. The summed E-state index contributed by atoms with van der Waals surface area (Å²) in [6.07, 6.45) is 6.53. The van der Waals surface area contributed by atoms with Gasteiger partial charge in [0.15, 0.2) is 0 Å². The Hall–Kier alpha value is -1.12. The average Bonchev–Trinajstić information content (AvgIpc) is 2.04. The van der Waals surface area contributed by atoms with Gasteiger partial charge in [-0.3, -0.25) is 0 Å². The third-order valence-corrected chi connectivity index (χ3v) is 3.50. The predicted molar refractivity (Wildman–Crippen MR) is 62.6 cm³/mol. The molecule has 0 amide bonds. The molecule has 0 unspecified atom stereocenters. The third kappa shape index (κ3) is 1.96. The molecule has 0 bridgehead atoms. The van der Waals surface area contributed by atoms with E-state index in [9.17, 15) is 0 Å². The molecule has 0 aromatic carbocycles. The van der Waals surface area contributed by atoms with Crippen LogP contribution in [0, 0.1) is 11.3 Å². The van der Waals surface area contributed by atoms with Crippen molar-refractivity contribution in [3.63, 3.8) is 0 Å². The highest BCUT2D eigenvalue weighted by Crippen LogP contribution is 2.52. The molecule has 2 rings (SSSR count). The first-order valence-electron chi connectivity index (χ1n) is 5.65. The monoisotopic (exact) mass is 207 g/mol. The predicted octanol–water partition coefficient (Wildman–Crippen LogP) is 1.38. The van der Waals surface area contributed by atoms with Gasteiger partial charge in [-0.1, -0.05) is 6.92 Å². The second-order valence-corrected chi connectivity index (χ2v) is 5.37. The lowest BCUT2D eigenvalue weighted by Gasteiger charge is -2.59. The fourth-order valence-corrected chi connectivity index (χ4v) is 2.95. The van der Waals surface area contributed by atoms with Gasteiger partial charge >= 0.3 is 0 Å². The zero-order valence-electron chi connectivity index (χ0n) is 9.66. The maximum absolute atomic E-state index is 5.95. The van der Waals surface area contributed by atoms with Crippen LogP contribution in [0.3, 0.4) is 0 Å². The van der Waals surface area contributed by atoms with Gasteiger partial charge in [-0.25, -0.2) is 0 Å². The van der Waals surface area contributed by atoms with Gasteiger partial charge in [-0.05, 0) is 37.8 Å². The van der Waals surface area contributed by atoms with Gasteiger partial charge in [-0.15, -0.1) is 0 Å². The molecule has 1 aliphatic carbocycles. The molecule has 3 nitrogen and oxygen atoms in total. The van der Waals surface area contributed by atoms with E-state index in [1.807, 2.05) is 19.1 Å². The van der Waals surface area contributed by atoms with E-state index in [2.05, 4.69) is 11.8 Å². The fourth-order valence-electron chi connectivity index (χ4n) is 2.95. The van der Waals surface area contributed by atoms with Crippen molar-refractivity contribution in [3.05, 3.63) is 23.7 Å². The van der Waals surface area contributed by atoms with Crippen LogP contribution in [-0.4, -0.2) is 18.0 Å². The summed E-state index contributed by atoms with van der Waals surface area (Å²) < 4.78 is 0. The van der Waals surface area contributed by atoms with E-state index in [-0.39, 0.29) is 0 Å². The molecular weight excluding hydrogens is 186 g/mol. The summed E-state index contributed by atoms with van der Waals surface area (Å²) in [5.41, 5.74) is 12.9. The van der Waals surface area contributed by atoms with E-state index in [1.165, 1.54) is 12.8 Å². The largest absolute Gasteiger partial charge is 0.402 e. The number of likely N-dealkylation sites (tertiary alicyclic amines) is 1. The fraction of sp³-hybridized carbons (Fsp3) is 0.667. The van der Waals surface area contributed by atoms with Crippen LogP contribution < -0.4 is 11.5 Å². The zero-order chi connectivity index (χ0) is 11.1. The molecule has 1 saturated carbocycles. The van der Waals surface area contributed by atoms with E-state index in [0.29, 0.717) is 5.41 Å². The Morgan fingerprint density at radius 3 is 2.33 bits per heavy atom. The number of allylic oxidation sites excluding steroid dienone is 3. The van der Waals surface area contributed by atoms with E-state index in [1.54, 1.807) is 0 Å². The van der Waals surface area contributed by atoms with Gasteiger partial charge in [0.25, 0.3) is 0 Å². The molecule has 0 aromatic rings. The van der Waals surface area contributed by atoms with Gasteiger partial charge < -0.3 is 16.4 Å². The van der Waals surface area contributed by atoms with Crippen LogP contribution in [0.15, 0.2) is 23.7 Å². The number of hydrogen-bond donors (Lipinski definition) is 2. The summed E-state index contributed by atoms with van der Waals surface area (Å²) in [5.74, 6) is 1.77. The van der Waals surface area contributed by atoms with Gasteiger partial charge in [0, 0.05) is 24.2 Å². The van der Waals surface area contributed by atoms with E-state index in [0.717, 1.165) is 30.5 Å². The molecular formula is C12H21N3. The van der Waals surface area contributed by atoms with Crippen molar-refractivity contribution in [1.29, 1.82) is 0 Å². The first-order chi connectivity index (χ1) is 7.01. The number of nitrogens with zero attached hydrogens (tertiary/aromatic N) is 1. The van der Waals surface area contributed by atoms with Gasteiger partial charge in [0.05, 0.1) is 5.82 Å². The normalized spacial score (nSPS) is 26.4. The van der Waals surface area contributed by atoms with Crippen LogP contribution >= 0.6 is 0 Å². The third-order valence-electron chi connectivity index (χ3n) is 3.50. The average molecular weight is 207 g/mol. The van der Waals surface area contributed by atoms with Gasteiger partial charge in [-0.2, -0.15) is 0 Å². The number of hydrogen-bond acceptors (Lipinski definition) is 3. The van der Waals surface area contributed by atoms with Crippen molar-refractivity contribution < 1.29 is 0 Å². The summed E-state index contributed by atoms with van der Waals surface area (Å²) in [6.45, 7) is 6.47. The Labute approximate surface area is 91.8 Å². The van der Waals surface area contributed by atoms with Crippen molar-refractivity contribution >= 4 is 0 Å². The van der Waals surface area contributed by atoms with Crippen LogP contribution in [0.4, 0.5) is 0 Å². The Morgan fingerprint density at radius 1 is 1.27 bits per heavy atom. The van der Waals surface area contributed by atoms with E-state index in [4.69, 9.17) is 11.5 Å². The highest BCUT2D eigenvalue weighted by molar-refractivity contribution is 5.17. The van der Waals surface area contributed by atoms with Gasteiger partial charge in [0.2, 0.25) is 0 Å². The number of nitrogens with two attached hydrogens (primary N) is 2. The van der Waals surface area contributed by atoms with Crippen molar-refractivity contribution in [1.82, 2.24) is 4.90 Å². The minimum Gasteiger partial charge on any atom is -0.402 e. The van der Waals surface area contributed by atoms with Crippen LogP contribution in [0.2, 0.25) is 0 Å². The Morgan fingerprint density at radius 2 is 1.87 bits per heavy atom. The van der Waals surface area contributed by atoms with Crippen LogP contribution in [0.1, 0.15) is 26.7 Å². The van der Waals surface area contributed by atoms with Gasteiger partial charge in [0.1, 0.15) is 0 Å². The first kappa shape index (κ1) is 10.4. The summed E-state index contributed by atoms with van der Waals surface area (Å²) in [7, 11) is 0. The second-order valence-electron chi connectivity index (χ2n) is 5.37. The smallest absolute Gasteiger partial charge is 0.0987 e. The van der Waals surface area contributed by atoms with E-state index < -0.39 is 0 Å². The van der Waals surface area contributed by atoms with Crippen molar-refractivity contribution in [2.24, 2.45) is 22.8 Å². The van der Waals surface area contributed by atoms with Crippen LogP contribution in [0.25, 0.3) is 0 Å². The van der Waals surface area contributed by atoms with Crippen LogP contribution in [-0.2, 0) is 0 Å². The molecule has 2 aliphatic rings. The molecule has 0 aromatic heterocycles. The molecule has 2 fully saturated rings. The Balaban J connectivity index is 1.84. The topological polar surface area (TPSA) is 55.3 Å². The standard InChI is InChI=1S/C12H21N3/c1-9-5-12(6-9)7-15(8-12)11(14)4-3-10(2)13/h3-4,9H,5-8,13-14H2,1-2H3/b10-3-,11-4+. The maximum atomic E-state index is 5.95. The number of rotatable bonds is 2. The molecule has 1 spiro atoms. The lowest BCUT2D eigenvalue weighted by molar-refractivity contribution is -0.0720. The lowest BCUT2D eigenvalue weighted by Crippen LogP contribution is -2.62. The minimum absolute atomic E-state index is 0.610. The van der Waals surface area contributed by atoms with Crippen molar-refractivity contribution in [2.45, 2.75) is 26.7 Å². The molecule has 0 radical (unpaired) electrons. The Bertz CT molecular complexity index is 299.